The predicted octanol–water partition coefficient (Wildman–Crippen LogP) is 2.41. The first-order valence-electron chi connectivity index (χ1n) is 5.86. The quantitative estimate of drug-likeness (QED) is 0.869. The summed E-state index contributed by atoms with van der Waals surface area (Å²) in [6.07, 6.45) is 0. The van der Waals surface area contributed by atoms with Gasteiger partial charge in [0.05, 0.1) is 16.7 Å². The van der Waals surface area contributed by atoms with E-state index in [0.29, 0.717) is 5.56 Å². The maximum absolute atomic E-state index is 13.8. The van der Waals surface area contributed by atoms with Crippen LogP contribution in [-0.4, -0.2) is 22.2 Å². The Hall–Kier alpha value is -1.42. The molecule has 0 radical (unpaired) electrons. The lowest BCUT2D eigenvalue weighted by atomic mass is 9.85. The summed E-state index contributed by atoms with van der Waals surface area (Å²) in [6, 6.07) is 4.66. The molecule has 0 aromatic heterocycles. The molecule has 2 N–H and O–H groups in total. The molecule has 0 bridgehead atoms. The van der Waals surface area contributed by atoms with Crippen LogP contribution in [0.15, 0.2) is 18.2 Å². The van der Waals surface area contributed by atoms with Crippen molar-refractivity contribution in [1.29, 1.82) is 0 Å². The van der Waals surface area contributed by atoms with Crippen molar-refractivity contribution in [3.8, 4) is 0 Å². The summed E-state index contributed by atoms with van der Waals surface area (Å²) in [5.74, 6) is -1.05. The Balaban J connectivity index is 3.00. The van der Waals surface area contributed by atoms with Gasteiger partial charge in [-0.3, -0.25) is 4.79 Å². The van der Waals surface area contributed by atoms with Gasteiger partial charge >= 0.3 is 0 Å². The third-order valence-electron chi connectivity index (χ3n) is 3.39. The molecule has 0 aliphatic heterocycles. The molecule has 0 heterocycles. The summed E-state index contributed by atoms with van der Waals surface area (Å²) in [7, 11) is 0. The minimum atomic E-state index is -1.11. The van der Waals surface area contributed by atoms with E-state index >= 15 is 0 Å². The average Bonchev–Trinajstić information content (AvgIpc) is 2.19. The molecule has 1 amide bonds. The van der Waals surface area contributed by atoms with E-state index in [1.165, 1.54) is 6.07 Å². The van der Waals surface area contributed by atoms with Gasteiger partial charge in [-0.05, 0) is 46.2 Å². The smallest absolute Gasteiger partial charge is 0.254 e. The SMILES string of the molecule is Cc1cccc(C(=O)NC(C)(C)C(C)(C)O)c1F. The molecular weight excluding hydrogens is 233 g/mol. The predicted molar refractivity (Wildman–Crippen MR) is 69.0 cm³/mol. The van der Waals surface area contributed by atoms with Gasteiger partial charge in [0.25, 0.3) is 5.91 Å². The maximum atomic E-state index is 13.8. The highest BCUT2D eigenvalue weighted by Crippen LogP contribution is 2.22. The van der Waals surface area contributed by atoms with Gasteiger partial charge in [-0.2, -0.15) is 0 Å². The van der Waals surface area contributed by atoms with Crippen LogP contribution in [0.4, 0.5) is 4.39 Å². The first-order valence-corrected chi connectivity index (χ1v) is 5.86. The van der Waals surface area contributed by atoms with E-state index in [-0.39, 0.29) is 5.56 Å². The average molecular weight is 253 g/mol. The van der Waals surface area contributed by atoms with Gasteiger partial charge in [-0.1, -0.05) is 12.1 Å². The van der Waals surface area contributed by atoms with E-state index < -0.39 is 22.9 Å². The molecule has 4 heteroatoms. The van der Waals surface area contributed by atoms with Gasteiger partial charge in [0, 0.05) is 0 Å². The first kappa shape index (κ1) is 14.6. The highest BCUT2D eigenvalue weighted by molar-refractivity contribution is 5.95. The zero-order valence-electron chi connectivity index (χ0n) is 11.5. The second kappa shape index (κ2) is 4.69. The Morgan fingerprint density at radius 3 is 2.33 bits per heavy atom. The summed E-state index contributed by atoms with van der Waals surface area (Å²) >= 11 is 0. The third-order valence-corrected chi connectivity index (χ3v) is 3.39. The lowest BCUT2D eigenvalue weighted by molar-refractivity contribution is -0.00300. The number of hydrogen-bond acceptors (Lipinski definition) is 2. The summed E-state index contributed by atoms with van der Waals surface area (Å²) in [4.78, 5) is 12.0. The van der Waals surface area contributed by atoms with Crippen molar-refractivity contribution in [1.82, 2.24) is 5.32 Å². The Kier molecular flexibility index (Phi) is 3.81. The standard InChI is InChI=1S/C14H20FNO2/c1-9-7-6-8-10(11(9)15)12(17)16-13(2,3)14(4,5)18/h6-8,18H,1-5H3,(H,16,17). The zero-order chi connectivity index (χ0) is 14.1. The molecule has 0 saturated carbocycles. The molecule has 0 saturated heterocycles. The maximum Gasteiger partial charge on any atom is 0.254 e. The molecule has 3 nitrogen and oxygen atoms in total. The first-order chi connectivity index (χ1) is 8.06. The van der Waals surface area contributed by atoms with Crippen molar-refractivity contribution in [3.05, 3.63) is 35.1 Å². The molecule has 0 atom stereocenters. The molecule has 0 fully saturated rings. The topological polar surface area (TPSA) is 49.3 Å². The molecule has 1 rings (SSSR count). The Morgan fingerprint density at radius 2 is 1.83 bits per heavy atom. The molecule has 0 aliphatic carbocycles. The van der Waals surface area contributed by atoms with Crippen LogP contribution in [0.25, 0.3) is 0 Å². The molecular formula is C14H20FNO2. The Bertz CT molecular complexity index is 461. The second-order valence-electron chi connectivity index (χ2n) is 5.57. The van der Waals surface area contributed by atoms with E-state index in [0.717, 1.165) is 0 Å². The molecule has 0 spiro atoms. The summed E-state index contributed by atoms with van der Waals surface area (Å²) < 4.78 is 13.8. The highest BCUT2D eigenvalue weighted by Gasteiger charge is 2.36. The normalized spacial score (nSPS) is 12.4. The van der Waals surface area contributed by atoms with Gasteiger partial charge in [0.1, 0.15) is 5.82 Å². The molecule has 18 heavy (non-hydrogen) atoms. The number of amides is 1. The lowest BCUT2D eigenvalue weighted by Gasteiger charge is -2.38. The van der Waals surface area contributed by atoms with Crippen molar-refractivity contribution in [2.45, 2.75) is 45.8 Å². The highest BCUT2D eigenvalue weighted by atomic mass is 19.1. The number of carbonyl (C=O) groups is 1. The summed E-state index contributed by atoms with van der Waals surface area (Å²) in [5, 5.41) is 12.6. The number of rotatable bonds is 3. The number of aliphatic hydroxyl groups is 1. The zero-order valence-corrected chi connectivity index (χ0v) is 11.5. The van der Waals surface area contributed by atoms with E-state index in [4.69, 9.17) is 0 Å². The van der Waals surface area contributed by atoms with Crippen molar-refractivity contribution >= 4 is 5.91 Å². The number of benzene rings is 1. The monoisotopic (exact) mass is 253 g/mol. The van der Waals surface area contributed by atoms with Gasteiger partial charge in [0.2, 0.25) is 0 Å². The van der Waals surface area contributed by atoms with Gasteiger partial charge in [-0.25, -0.2) is 4.39 Å². The van der Waals surface area contributed by atoms with Gasteiger partial charge in [-0.15, -0.1) is 0 Å². The molecule has 1 aromatic rings. The fourth-order valence-corrected chi connectivity index (χ4v) is 1.33. The number of hydrogen-bond donors (Lipinski definition) is 2. The number of carbonyl (C=O) groups excluding carboxylic acids is 1. The van der Waals surface area contributed by atoms with E-state index in [2.05, 4.69) is 5.32 Å². The Morgan fingerprint density at radius 1 is 1.28 bits per heavy atom. The number of halogens is 1. The van der Waals surface area contributed by atoms with Crippen LogP contribution in [0.2, 0.25) is 0 Å². The number of aryl methyl sites for hydroxylation is 1. The fourth-order valence-electron chi connectivity index (χ4n) is 1.33. The van der Waals surface area contributed by atoms with Crippen LogP contribution in [0, 0.1) is 12.7 Å². The van der Waals surface area contributed by atoms with E-state index in [1.54, 1.807) is 46.8 Å². The fraction of sp³-hybridized carbons (Fsp3) is 0.500. The molecule has 100 valence electrons. The van der Waals surface area contributed by atoms with Crippen LogP contribution in [0.1, 0.15) is 43.6 Å². The number of nitrogens with one attached hydrogen (secondary N) is 1. The van der Waals surface area contributed by atoms with Gasteiger partial charge < -0.3 is 10.4 Å². The van der Waals surface area contributed by atoms with Crippen LogP contribution in [0.3, 0.4) is 0 Å². The van der Waals surface area contributed by atoms with Crippen LogP contribution >= 0.6 is 0 Å². The van der Waals surface area contributed by atoms with Crippen molar-refractivity contribution in [2.24, 2.45) is 0 Å². The van der Waals surface area contributed by atoms with Crippen LogP contribution < -0.4 is 5.32 Å². The molecule has 0 aliphatic rings. The van der Waals surface area contributed by atoms with Crippen LogP contribution in [0.5, 0.6) is 0 Å². The van der Waals surface area contributed by atoms with E-state index in [1.807, 2.05) is 0 Å². The minimum Gasteiger partial charge on any atom is -0.388 e. The lowest BCUT2D eigenvalue weighted by Crippen LogP contribution is -2.57. The third kappa shape index (κ3) is 2.88. The molecule has 1 aromatic carbocycles. The van der Waals surface area contributed by atoms with Crippen molar-refractivity contribution in [3.63, 3.8) is 0 Å². The molecule has 0 unspecified atom stereocenters. The minimum absolute atomic E-state index is 0.00711. The summed E-state index contributed by atoms with van der Waals surface area (Å²) in [5.41, 5.74) is -1.56. The van der Waals surface area contributed by atoms with Crippen molar-refractivity contribution < 1.29 is 14.3 Å². The largest absolute Gasteiger partial charge is 0.388 e. The van der Waals surface area contributed by atoms with Crippen molar-refractivity contribution in [2.75, 3.05) is 0 Å². The Labute approximate surface area is 107 Å². The van der Waals surface area contributed by atoms with Crippen LogP contribution in [-0.2, 0) is 0 Å². The second-order valence-corrected chi connectivity index (χ2v) is 5.57. The van der Waals surface area contributed by atoms with Gasteiger partial charge in [0.15, 0.2) is 0 Å². The van der Waals surface area contributed by atoms with E-state index in [9.17, 15) is 14.3 Å². The summed E-state index contributed by atoms with van der Waals surface area (Å²) in [6.45, 7) is 8.18.